The van der Waals surface area contributed by atoms with Crippen LogP contribution < -0.4 is 11.1 Å². The summed E-state index contributed by atoms with van der Waals surface area (Å²) in [5.41, 5.74) is 4.61. The van der Waals surface area contributed by atoms with Crippen LogP contribution in [0.2, 0.25) is 0 Å². The van der Waals surface area contributed by atoms with Crippen LogP contribution in [0.4, 0.5) is 0 Å². The van der Waals surface area contributed by atoms with Crippen LogP contribution in [0.15, 0.2) is 15.9 Å². The largest absolute Gasteiger partial charge is 0.368 e. The summed E-state index contributed by atoms with van der Waals surface area (Å²) in [6.45, 7) is 5.59. The van der Waals surface area contributed by atoms with E-state index in [1.165, 1.54) is 4.88 Å². The second-order valence-electron chi connectivity index (χ2n) is 4.00. The molecular formula is C10H15BrN2OS. The lowest BCUT2D eigenvalue weighted by Crippen LogP contribution is -2.51. The average Bonchev–Trinajstić information content (AvgIpc) is 2.50. The molecule has 0 aliphatic heterocycles. The normalized spacial score (nSPS) is 13.9. The monoisotopic (exact) mass is 290 g/mol. The molecule has 0 saturated heterocycles. The summed E-state index contributed by atoms with van der Waals surface area (Å²) in [4.78, 5) is 12.3. The maximum atomic E-state index is 11.1. The Hall–Kier alpha value is -0.390. The zero-order chi connectivity index (χ0) is 11.6. The summed E-state index contributed by atoms with van der Waals surface area (Å²) in [6, 6.07) is 4.14. The van der Waals surface area contributed by atoms with E-state index in [4.69, 9.17) is 5.73 Å². The van der Waals surface area contributed by atoms with Gasteiger partial charge in [-0.1, -0.05) is 0 Å². The highest BCUT2D eigenvalue weighted by atomic mass is 79.9. The second-order valence-corrected chi connectivity index (χ2v) is 6.49. The van der Waals surface area contributed by atoms with Gasteiger partial charge < -0.3 is 5.73 Å². The van der Waals surface area contributed by atoms with Crippen molar-refractivity contribution in [1.82, 2.24) is 5.32 Å². The number of carbonyl (C=O) groups is 1. The van der Waals surface area contributed by atoms with E-state index in [9.17, 15) is 4.79 Å². The van der Waals surface area contributed by atoms with Gasteiger partial charge in [-0.05, 0) is 48.8 Å². The van der Waals surface area contributed by atoms with Gasteiger partial charge in [0.05, 0.1) is 9.33 Å². The molecule has 15 heavy (non-hydrogen) atoms. The first-order valence-electron chi connectivity index (χ1n) is 4.66. The molecule has 3 nitrogen and oxygen atoms in total. The maximum absolute atomic E-state index is 11.1. The SMILES string of the molecule is CC(NC(C)(C)C(N)=O)c1ccc(Br)s1. The molecule has 0 saturated carbocycles. The van der Waals surface area contributed by atoms with Gasteiger partial charge in [-0.2, -0.15) is 0 Å². The van der Waals surface area contributed by atoms with E-state index < -0.39 is 5.54 Å². The molecule has 1 heterocycles. The minimum absolute atomic E-state index is 0.115. The molecule has 5 heteroatoms. The van der Waals surface area contributed by atoms with Crippen LogP contribution >= 0.6 is 27.3 Å². The van der Waals surface area contributed by atoms with Crippen molar-refractivity contribution in [3.05, 3.63) is 20.8 Å². The molecular weight excluding hydrogens is 276 g/mol. The number of halogens is 1. The van der Waals surface area contributed by atoms with E-state index in [-0.39, 0.29) is 11.9 Å². The average molecular weight is 291 g/mol. The molecule has 1 aromatic heterocycles. The van der Waals surface area contributed by atoms with Gasteiger partial charge in [0.15, 0.2) is 0 Å². The Labute approximate surface area is 102 Å². The van der Waals surface area contributed by atoms with Crippen molar-refractivity contribution in [2.45, 2.75) is 32.4 Å². The highest BCUT2D eigenvalue weighted by molar-refractivity contribution is 9.11. The molecule has 0 aromatic carbocycles. The van der Waals surface area contributed by atoms with Gasteiger partial charge in [-0.15, -0.1) is 11.3 Å². The number of thiophene rings is 1. The third kappa shape index (κ3) is 3.29. The molecule has 1 unspecified atom stereocenters. The van der Waals surface area contributed by atoms with Crippen molar-refractivity contribution in [2.24, 2.45) is 5.73 Å². The number of primary amides is 1. The molecule has 0 aliphatic rings. The van der Waals surface area contributed by atoms with Gasteiger partial charge in [-0.3, -0.25) is 10.1 Å². The van der Waals surface area contributed by atoms with Crippen molar-refractivity contribution in [3.8, 4) is 0 Å². The Balaban J connectivity index is 2.71. The Kier molecular flexibility index (Phi) is 3.92. The van der Waals surface area contributed by atoms with Crippen LogP contribution in [0, 0.1) is 0 Å². The van der Waals surface area contributed by atoms with E-state index in [1.54, 1.807) is 25.2 Å². The minimum atomic E-state index is -0.685. The molecule has 1 atom stereocenters. The van der Waals surface area contributed by atoms with E-state index in [2.05, 4.69) is 21.2 Å². The van der Waals surface area contributed by atoms with Crippen LogP contribution in [0.1, 0.15) is 31.7 Å². The first kappa shape index (κ1) is 12.7. The number of rotatable bonds is 4. The Morgan fingerprint density at radius 3 is 2.60 bits per heavy atom. The van der Waals surface area contributed by atoms with Gasteiger partial charge in [-0.25, -0.2) is 0 Å². The predicted octanol–water partition coefficient (Wildman–Crippen LogP) is 2.43. The highest BCUT2D eigenvalue weighted by Gasteiger charge is 2.27. The fourth-order valence-corrected chi connectivity index (χ4v) is 2.67. The first-order valence-corrected chi connectivity index (χ1v) is 6.26. The number of nitrogens with one attached hydrogen (secondary N) is 1. The fraction of sp³-hybridized carbons (Fsp3) is 0.500. The van der Waals surface area contributed by atoms with Gasteiger partial charge in [0.2, 0.25) is 5.91 Å². The van der Waals surface area contributed by atoms with Crippen molar-refractivity contribution >= 4 is 33.2 Å². The van der Waals surface area contributed by atoms with Gasteiger partial charge in [0.1, 0.15) is 0 Å². The number of hydrogen-bond acceptors (Lipinski definition) is 3. The standard InChI is InChI=1S/C10H15BrN2OS/c1-6(7-4-5-8(11)15-7)13-10(2,3)9(12)14/h4-6,13H,1-3H3,(H2,12,14). The molecule has 0 spiro atoms. The smallest absolute Gasteiger partial charge is 0.237 e. The van der Waals surface area contributed by atoms with Crippen molar-refractivity contribution in [3.63, 3.8) is 0 Å². The molecule has 0 aliphatic carbocycles. The predicted molar refractivity (Wildman–Crippen MR) is 66.8 cm³/mol. The summed E-state index contributed by atoms with van der Waals surface area (Å²) in [7, 11) is 0. The van der Waals surface area contributed by atoms with Crippen LogP contribution in [0.5, 0.6) is 0 Å². The fourth-order valence-electron chi connectivity index (χ4n) is 1.24. The molecule has 84 valence electrons. The maximum Gasteiger partial charge on any atom is 0.237 e. The molecule has 0 bridgehead atoms. The first-order chi connectivity index (χ1) is 6.83. The van der Waals surface area contributed by atoms with E-state index in [1.807, 2.05) is 19.1 Å². The zero-order valence-corrected chi connectivity index (χ0v) is 11.4. The number of nitrogens with two attached hydrogens (primary N) is 1. The Bertz CT molecular complexity index is 362. The van der Waals surface area contributed by atoms with Crippen molar-refractivity contribution in [1.29, 1.82) is 0 Å². The van der Waals surface area contributed by atoms with Gasteiger partial charge in [0, 0.05) is 10.9 Å². The summed E-state index contributed by atoms with van der Waals surface area (Å²) >= 11 is 5.06. The van der Waals surface area contributed by atoms with Crippen LogP contribution in [0.25, 0.3) is 0 Å². The summed E-state index contributed by atoms with van der Waals surface area (Å²) in [6.07, 6.45) is 0. The molecule has 0 radical (unpaired) electrons. The quantitative estimate of drug-likeness (QED) is 0.895. The summed E-state index contributed by atoms with van der Waals surface area (Å²) in [5, 5.41) is 3.20. The minimum Gasteiger partial charge on any atom is -0.368 e. The zero-order valence-electron chi connectivity index (χ0n) is 9.00. The van der Waals surface area contributed by atoms with Crippen molar-refractivity contribution < 1.29 is 4.79 Å². The molecule has 1 aromatic rings. The van der Waals surface area contributed by atoms with Crippen molar-refractivity contribution in [2.75, 3.05) is 0 Å². The molecule has 0 fully saturated rings. The van der Waals surface area contributed by atoms with Gasteiger partial charge in [0.25, 0.3) is 0 Å². The lowest BCUT2D eigenvalue weighted by Gasteiger charge is -2.26. The highest BCUT2D eigenvalue weighted by Crippen LogP contribution is 2.28. The number of hydrogen-bond donors (Lipinski definition) is 2. The third-order valence-electron chi connectivity index (χ3n) is 2.21. The Morgan fingerprint density at radius 1 is 1.60 bits per heavy atom. The molecule has 1 amide bonds. The van der Waals surface area contributed by atoms with Crippen LogP contribution in [-0.4, -0.2) is 11.4 Å². The van der Waals surface area contributed by atoms with Gasteiger partial charge >= 0.3 is 0 Å². The summed E-state index contributed by atoms with van der Waals surface area (Å²) in [5.74, 6) is -0.343. The van der Waals surface area contributed by atoms with Crippen LogP contribution in [0.3, 0.4) is 0 Å². The summed E-state index contributed by atoms with van der Waals surface area (Å²) < 4.78 is 1.09. The second kappa shape index (κ2) is 4.63. The van der Waals surface area contributed by atoms with E-state index in [0.29, 0.717) is 0 Å². The van der Waals surface area contributed by atoms with Crippen LogP contribution in [-0.2, 0) is 4.79 Å². The lowest BCUT2D eigenvalue weighted by molar-refractivity contribution is -0.123. The topological polar surface area (TPSA) is 55.1 Å². The Morgan fingerprint density at radius 2 is 2.20 bits per heavy atom. The molecule has 1 rings (SSSR count). The van der Waals surface area contributed by atoms with E-state index >= 15 is 0 Å². The van der Waals surface area contributed by atoms with E-state index in [0.717, 1.165) is 3.79 Å². The molecule has 3 N–H and O–H groups in total. The number of carbonyl (C=O) groups excluding carboxylic acids is 1. The number of amides is 1. The lowest BCUT2D eigenvalue weighted by atomic mass is 10.0. The third-order valence-corrected chi connectivity index (χ3v) is 4.02.